The van der Waals surface area contributed by atoms with Crippen molar-refractivity contribution in [1.82, 2.24) is 0 Å². The van der Waals surface area contributed by atoms with E-state index in [0.29, 0.717) is 5.46 Å². The van der Waals surface area contributed by atoms with Gasteiger partial charge in [-0.1, -0.05) is 33.8 Å². The molecule has 0 aromatic heterocycles. The van der Waals surface area contributed by atoms with Crippen LogP contribution in [0.4, 0.5) is 4.39 Å². The zero-order valence-electron chi connectivity index (χ0n) is 14.2. The second kappa shape index (κ2) is 6.61. The van der Waals surface area contributed by atoms with E-state index in [-0.39, 0.29) is 5.56 Å². The summed E-state index contributed by atoms with van der Waals surface area (Å²) in [5.74, 6) is -2.05. The van der Waals surface area contributed by atoms with Crippen molar-refractivity contribution in [3.05, 3.63) is 29.6 Å². The van der Waals surface area contributed by atoms with E-state index in [1.54, 1.807) is 0 Å². The summed E-state index contributed by atoms with van der Waals surface area (Å²) in [6, 6.07) is 3.99. The van der Waals surface area contributed by atoms with E-state index in [2.05, 4.69) is 27.7 Å². The number of carboxylic acids is 1. The van der Waals surface area contributed by atoms with E-state index in [1.807, 2.05) is 0 Å². The summed E-state index contributed by atoms with van der Waals surface area (Å²) < 4.78 is 26.2. The highest BCUT2D eigenvalue weighted by Gasteiger charge is 2.58. The molecule has 2 rings (SSSR count). The zero-order chi connectivity index (χ0) is 17.3. The van der Waals surface area contributed by atoms with Gasteiger partial charge >= 0.3 is 13.1 Å². The van der Waals surface area contributed by atoms with Gasteiger partial charge in [-0.2, -0.15) is 0 Å². The van der Waals surface area contributed by atoms with Crippen LogP contribution >= 0.6 is 0 Å². The molecule has 0 unspecified atom stereocenters. The van der Waals surface area contributed by atoms with Gasteiger partial charge in [0.1, 0.15) is 5.82 Å². The molecule has 1 saturated heterocycles. The van der Waals surface area contributed by atoms with Crippen LogP contribution < -0.4 is 5.46 Å². The van der Waals surface area contributed by atoms with Crippen molar-refractivity contribution in [2.75, 3.05) is 0 Å². The molecule has 126 valence electrons. The van der Waals surface area contributed by atoms with Crippen LogP contribution in [0.15, 0.2) is 18.2 Å². The predicted octanol–water partition coefficient (Wildman–Crippen LogP) is 3.38. The maximum atomic E-state index is 13.6. The lowest BCUT2D eigenvalue weighted by Crippen LogP contribution is -2.50. The van der Waals surface area contributed by atoms with Crippen molar-refractivity contribution in [2.24, 2.45) is 0 Å². The van der Waals surface area contributed by atoms with E-state index < -0.39 is 30.1 Å². The molecule has 1 aliphatic heterocycles. The van der Waals surface area contributed by atoms with Crippen molar-refractivity contribution < 1.29 is 23.6 Å². The minimum absolute atomic E-state index is 0.362. The first-order chi connectivity index (χ1) is 10.9. The molecule has 0 amide bonds. The fourth-order valence-electron chi connectivity index (χ4n) is 3.76. The Bertz CT molecular complexity index is 562. The van der Waals surface area contributed by atoms with Gasteiger partial charge < -0.3 is 14.4 Å². The van der Waals surface area contributed by atoms with Gasteiger partial charge in [0, 0.05) is 0 Å². The number of benzene rings is 1. The van der Waals surface area contributed by atoms with Crippen LogP contribution in [-0.2, 0) is 9.31 Å². The smallest absolute Gasteiger partial charge is 0.478 e. The molecule has 1 N–H and O–H groups in total. The molecule has 1 aromatic carbocycles. The average molecular weight is 322 g/mol. The van der Waals surface area contributed by atoms with Gasteiger partial charge in [-0.15, -0.1) is 0 Å². The van der Waals surface area contributed by atoms with Gasteiger partial charge in [-0.25, -0.2) is 9.18 Å². The van der Waals surface area contributed by atoms with Crippen LogP contribution in [0.1, 0.15) is 63.7 Å². The predicted molar refractivity (Wildman–Crippen MR) is 87.5 cm³/mol. The molecule has 0 radical (unpaired) electrons. The molecule has 0 spiro atoms. The summed E-state index contributed by atoms with van der Waals surface area (Å²) in [5, 5.41) is 9.10. The number of rotatable bonds is 6. The standard InChI is InChI=1S/C17H24BFO4/c1-5-16(6-2)17(7-3,8-4)23-18(22-16)12-9-10-14(19)13(11-12)15(20)21/h9-11H,5-8H2,1-4H3,(H,20,21). The molecule has 4 nitrogen and oxygen atoms in total. The van der Waals surface area contributed by atoms with Crippen molar-refractivity contribution >= 4 is 18.6 Å². The molecule has 1 aromatic rings. The highest BCUT2D eigenvalue weighted by atomic mass is 19.1. The first-order valence-electron chi connectivity index (χ1n) is 8.27. The fraction of sp³-hybridized carbons (Fsp3) is 0.588. The number of carboxylic acid groups (broad SMARTS) is 1. The first-order valence-corrected chi connectivity index (χ1v) is 8.27. The Morgan fingerprint density at radius 2 is 1.57 bits per heavy atom. The van der Waals surface area contributed by atoms with Crippen LogP contribution in [0.2, 0.25) is 0 Å². The Kier molecular flexibility index (Phi) is 5.16. The Morgan fingerprint density at radius 1 is 1.09 bits per heavy atom. The average Bonchev–Trinajstić information content (AvgIpc) is 2.90. The minimum Gasteiger partial charge on any atom is -0.478 e. The van der Waals surface area contributed by atoms with E-state index in [1.165, 1.54) is 12.1 Å². The number of halogens is 1. The highest BCUT2D eigenvalue weighted by molar-refractivity contribution is 6.62. The fourth-order valence-corrected chi connectivity index (χ4v) is 3.76. The second-order valence-corrected chi connectivity index (χ2v) is 6.01. The summed E-state index contributed by atoms with van der Waals surface area (Å²) in [5.41, 5.74) is -0.657. The Labute approximate surface area is 137 Å². The van der Waals surface area contributed by atoms with Crippen LogP contribution in [-0.4, -0.2) is 29.4 Å². The van der Waals surface area contributed by atoms with E-state index in [4.69, 9.17) is 14.4 Å². The lowest BCUT2D eigenvalue weighted by molar-refractivity contribution is -0.0601. The van der Waals surface area contributed by atoms with Crippen LogP contribution in [0.3, 0.4) is 0 Å². The molecule has 1 fully saturated rings. The third-order valence-corrected chi connectivity index (χ3v) is 5.27. The number of aromatic carboxylic acids is 1. The third-order valence-electron chi connectivity index (χ3n) is 5.27. The highest BCUT2D eigenvalue weighted by Crippen LogP contribution is 2.46. The molecule has 1 heterocycles. The van der Waals surface area contributed by atoms with Gasteiger partial charge in [-0.05, 0) is 43.3 Å². The summed E-state index contributed by atoms with van der Waals surface area (Å²) in [6.45, 7) is 8.29. The number of hydrogen-bond acceptors (Lipinski definition) is 3. The van der Waals surface area contributed by atoms with E-state index in [9.17, 15) is 9.18 Å². The van der Waals surface area contributed by atoms with Crippen LogP contribution in [0.25, 0.3) is 0 Å². The molecule has 23 heavy (non-hydrogen) atoms. The topological polar surface area (TPSA) is 55.8 Å². The summed E-state index contributed by atoms with van der Waals surface area (Å²) in [6.07, 6.45) is 3.20. The molecular weight excluding hydrogens is 298 g/mol. The summed E-state index contributed by atoms with van der Waals surface area (Å²) in [4.78, 5) is 11.1. The SMILES string of the molecule is CCC1(CC)OB(c2ccc(F)c(C(=O)O)c2)OC1(CC)CC. The number of hydrogen-bond donors (Lipinski definition) is 1. The Hall–Kier alpha value is -1.40. The van der Waals surface area contributed by atoms with Gasteiger partial charge in [0.2, 0.25) is 0 Å². The van der Waals surface area contributed by atoms with Crippen molar-refractivity contribution in [1.29, 1.82) is 0 Å². The van der Waals surface area contributed by atoms with E-state index in [0.717, 1.165) is 31.7 Å². The van der Waals surface area contributed by atoms with Gasteiger partial charge in [-0.3, -0.25) is 0 Å². The molecule has 0 saturated carbocycles. The van der Waals surface area contributed by atoms with Crippen LogP contribution in [0.5, 0.6) is 0 Å². The largest absolute Gasteiger partial charge is 0.494 e. The van der Waals surface area contributed by atoms with Crippen molar-refractivity contribution in [2.45, 2.75) is 64.6 Å². The zero-order valence-corrected chi connectivity index (χ0v) is 14.2. The van der Waals surface area contributed by atoms with Gasteiger partial charge in [0.15, 0.2) is 0 Å². The second-order valence-electron chi connectivity index (χ2n) is 6.01. The molecule has 0 bridgehead atoms. The maximum absolute atomic E-state index is 13.6. The van der Waals surface area contributed by atoms with Gasteiger partial charge in [0.05, 0.1) is 16.8 Å². The van der Waals surface area contributed by atoms with Crippen molar-refractivity contribution in [3.8, 4) is 0 Å². The molecule has 0 atom stereocenters. The maximum Gasteiger partial charge on any atom is 0.494 e. The Balaban J connectivity index is 2.43. The molecule has 0 aliphatic carbocycles. The minimum atomic E-state index is -1.29. The lowest BCUT2D eigenvalue weighted by atomic mass is 9.75. The van der Waals surface area contributed by atoms with Crippen molar-refractivity contribution in [3.63, 3.8) is 0 Å². The first kappa shape index (κ1) is 18.0. The molecule has 1 aliphatic rings. The normalized spacial score (nSPS) is 19.1. The summed E-state index contributed by atoms with van der Waals surface area (Å²) in [7, 11) is -0.673. The molecular formula is C17H24BFO4. The molecule has 6 heteroatoms. The monoisotopic (exact) mass is 322 g/mol. The quantitative estimate of drug-likeness (QED) is 0.816. The van der Waals surface area contributed by atoms with Gasteiger partial charge in [0.25, 0.3) is 0 Å². The number of carbonyl (C=O) groups is 1. The Morgan fingerprint density at radius 3 is 1.96 bits per heavy atom. The van der Waals surface area contributed by atoms with Crippen LogP contribution in [0, 0.1) is 5.82 Å². The lowest BCUT2D eigenvalue weighted by Gasteiger charge is -2.42. The van der Waals surface area contributed by atoms with E-state index >= 15 is 0 Å². The third kappa shape index (κ3) is 2.79. The summed E-state index contributed by atoms with van der Waals surface area (Å²) >= 11 is 0.